The lowest BCUT2D eigenvalue weighted by atomic mass is 9.88. The Kier molecular flexibility index (Phi) is 8.42. The summed E-state index contributed by atoms with van der Waals surface area (Å²) in [6, 6.07) is 3.22. The van der Waals surface area contributed by atoms with Gasteiger partial charge in [-0.1, -0.05) is 0 Å². The van der Waals surface area contributed by atoms with E-state index in [4.69, 9.17) is 18.9 Å². The van der Waals surface area contributed by atoms with Gasteiger partial charge in [-0.25, -0.2) is 4.98 Å². The zero-order chi connectivity index (χ0) is 22.3. The molecule has 2 fully saturated rings. The van der Waals surface area contributed by atoms with Crippen molar-refractivity contribution in [2.24, 2.45) is 5.41 Å². The zero-order valence-corrected chi connectivity index (χ0v) is 18.1. The molecule has 3 heterocycles. The maximum atomic E-state index is 12.6. The molecule has 0 radical (unpaired) electrons. The fourth-order valence-electron chi connectivity index (χ4n) is 3.28. The van der Waals surface area contributed by atoms with Crippen molar-refractivity contribution in [2.75, 3.05) is 71.4 Å². The molecule has 0 spiro atoms. The summed E-state index contributed by atoms with van der Waals surface area (Å²) in [5.41, 5.74) is 0.564. The minimum Gasteiger partial charge on any atom is -0.475 e. The molecule has 2 aliphatic rings. The molecule has 0 aliphatic carbocycles. The molecule has 1 aromatic heterocycles. The van der Waals surface area contributed by atoms with Crippen LogP contribution in [-0.4, -0.2) is 94.7 Å². The Morgan fingerprint density at radius 2 is 2.23 bits per heavy atom. The number of aliphatic hydroxyl groups excluding tert-OH is 1. The highest BCUT2D eigenvalue weighted by Gasteiger charge is 2.40. The van der Waals surface area contributed by atoms with E-state index < -0.39 is 12.1 Å². The number of amides is 1. The molecule has 9 nitrogen and oxygen atoms in total. The Morgan fingerprint density at radius 1 is 1.45 bits per heavy atom. The van der Waals surface area contributed by atoms with E-state index in [-0.39, 0.29) is 37.0 Å². The summed E-state index contributed by atoms with van der Waals surface area (Å²) >= 11 is 0. The fourth-order valence-corrected chi connectivity index (χ4v) is 3.28. The van der Waals surface area contributed by atoms with Gasteiger partial charge in [-0.3, -0.25) is 9.18 Å². The minimum absolute atomic E-state index is 0.0438. The number of ether oxygens (including phenoxy) is 4. The van der Waals surface area contributed by atoms with Crippen LogP contribution in [0.15, 0.2) is 12.1 Å². The molecule has 1 atom stereocenters. The van der Waals surface area contributed by atoms with Crippen molar-refractivity contribution < 1.29 is 33.2 Å². The largest absolute Gasteiger partial charge is 0.475 e. The van der Waals surface area contributed by atoms with Crippen LogP contribution < -0.4 is 15.0 Å². The summed E-state index contributed by atoms with van der Waals surface area (Å²) in [5, 5.41) is 12.5. The standard InChI is InChI=1S/C21H32FN3O6/c1-15(10-29-7-3-6-22)23-19(27)17-4-5-18(25-8-16(9-25)28-2)20(24-17)31-14-21(11-26)12-30-13-21/h4-5,15-16,26H,3,6-14H2,1-2H3,(H,23,27). The van der Waals surface area contributed by atoms with Gasteiger partial charge in [0.1, 0.15) is 18.0 Å². The third-order valence-corrected chi connectivity index (χ3v) is 5.43. The van der Waals surface area contributed by atoms with Gasteiger partial charge in [0, 0.05) is 32.8 Å². The van der Waals surface area contributed by atoms with Crippen molar-refractivity contribution in [1.29, 1.82) is 0 Å². The van der Waals surface area contributed by atoms with Crippen molar-refractivity contribution in [3.63, 3.8) is 0 Å². The van der Waals surface area contributed by atoms with E-state index >= 15 is 0 Å². The van der Waals surface area contributed by atoms with Crippen LogP contribution in [0.3, 0.4) is 0 Å². The second-order valence-electron chi connectivity index (χ2n) is 8.22. The molecule has 2 N–H and O–H groups in total. The monoisotopic (exact) mass is 441 g/mol. The first-order valence-electron chi connectivity index (χ1n) is 10.5. The predicted octanol–water partition coefficient (Wildman–Crippen LogP) is 0.799. The van der Waals surface area contributed by atoms with Crippen LogP contribution in [0.1, 0.15) is 23.8 Å². The number of halogens is 1. The lowest BCUT2D eigenvalue weighted by Gasteiger charge is -2.41. The number of hydrogen-bond acceptors (Lipinski definition) is 8. The smallest absolute Gasteiger partial charge is 0.270 e. The zero-order valence-electron chi connectivity index (χ0n) is 18.1. The van der Waals surface area contributed by atoms with E-state index in [1.54, 1.807) is 13.2 Å². The number of rotatable bonds is 13. The van der Waals surface area contributed by atoms with Gasteiger partial charge in [-0.15, -0.1) is 0 Å². The molecule has 1 aromatic rings. The second kappa shape index (κ2) is 11.0. The quantitative estimate of drug-likeness (QED) is 0.434. The number of pyridine rings is 1. The highest BCUT2D eigenvalue weighted by atomic mass is 19.1. The van der Waals surface area contributed by atoms with Crippen LogP contribution in [0.25, 0.3) is 0 Å². The molecular weight excluding hydrogens is 409 g/mol. The summed E-state index contributed by atoms with van der Waals surface area (Å²) in [6.45, 7) is 4.46. The molecule has 31 heavy (non-hydrogen) atoms. The van der Waals surface area contributed by atoms with Gasteiger partial charge in [-0.2, -0.15) is 0 Å². The maximum absolute atomic E-state index is 12.6. The molecule has 1 amide bonds. The minimum atomic E-state index is -0.438. The Hall–Kier alpha value is -2.01. The molecule has 0 bridgehead atoms. The average molecular weight is 442 g/mol. The average Bonchev–Trinajstić information content (AvgIpc) is 2.70. The number of hydrogen-bond donors (Lipinski definition) is 2. The highest BCUT2D eigenvalue weighted by molar-refractivity contribution is 5.93. The van der Waals surface area contributed by atoms with Gasteiger partial charge in [0.2, 0.25) is 5.88 Å². The van der Waals surface area contributed by atoms with E-state index in [9.17, 15) is 14.3 Å². The van der Waals surface area contributed by atoms with Gasteiger partial charge >= 0.3 is 0 Å². The Labute approximate surface area is 181 Å². The number of aliphatic hydroxyl groups is 1. The first-order chi connectivity index (χ1) is 15.0. The first-order valence-corrected chi connectivity index (χ1v) is 10.5. The second-order valence-corrected chi connectivity index (χ2v) is 8.22. The molecule has 174 valence electrons. The Bertz CT molecular complexity index is 722. The molecule has 1 unspecified atom stereocenters. The van der Waals surface area contributed by atoms with E-state index in [0.29, 0.717) is 51.8 Å². The van der Waals surface area contributed by atoms with Crippen LogP contribution in [0, 0.1) is 5.41 Å². The van der Waals surface area contributed by atoms with Crippen LogP contribution >= 0.6 is 0 Å². The van der Waals surface area contributed by atoms with Gasteiger partial charge in [-0.05, 0) is 25.5 Å². The van der Waals surface area contributed by atoms with E-state index in [1.165, 1.54) is 0 Å². The van der Waals surface area contributed by atoms with Crippen molar-refractivity contribution in [1.82, 2.24) is 10.3 Å². The topological polar surface area (TPSA) is 102 Å². The Morgan fingerprint density at radius 3 is 2.84 bits per heavy atom. The molecule has 10 heteroatoms. The molecular formula is C21H32FN3O6. The molecule has 3 rings (SSSR count). The molecule has 2 aliphatic heterocycles. The van der Waals surface area contributed by atoms with Crippen molar-refractivity contribution >= 4 is 11.6 Å². The molecule has 0 saturated carbocycles. The van der Waals surface area contributed by atoms with E-state index in [1.807, 2.05) is 13.0 Å². The number of nitrogens with zero attached hydrogens (tertiary/aromatic N) is 2. The van der Waals surface area contributed by atoms with Crippen LogP contribution in [0.4, 0.5) is 10.1 Å². The number of methoxy groups -OCH3 is 1. The van der Waals surface area contributed by atoms with Crippen LogP contribution in [0.2, 0.25) is 0 Å². The van der Waals surface area contributed by atoms with Crippen molar-refractivity contribution in [2.45, 2.75) is 25.5 Å². The van der Waals surface area contributed by atoms with Crippen LogP contribution in [-0.2, 0) is 14.2 Å². The summed E-state index contributed by atoms with van der Waals surface area (Å²) in [7, 11) is 1.68. The third kappa shape index (κ3) is 6.03. The number of carbonyl (C=O) groups is 1. The number of anilines is 1. The molecule has 2 saturated heterocycles. The van der Waals surface area contributed by atoms with E-state index in [2.05, 4.69) is 15.2 Å². The number of carbonyl (C=O) groups excluding carboxylic acids is 1. The van der Waals surface area contributed by atoms with Crippen molar-refractivity contribution in [3.8, 4) is 5.88 Å². The lowest BCUT2D eigenvalue weighted by molar-refractivity contribution is -0.153. The van der Waals surface area contributed by atoms with Gasteiger partial charge in [0.05, 0.1) is 44.6 Å². The number of nitrogens with one attached hydrogen (secondary N) is 1. The maximum Gasteiger partial charge on any atom is 0.270 e. The summed E-state index contributed by atoms with van der Waals surface area (Å²) in [5.74, 6) is -0.00556. The fraction of sp³-hybridized carbons (Fsp3) is 0.714. The summed E-state index contributed by atoms with van der Waals surface area (Å²) in [4.78, 5) is 19.2. The first kappa shape index (κ1) is 23.6. The van der Waals surface area contributed by atoms with E-state index in [0.717, 1.165) is 5.69 Å². The van der Waals surface area contributed by atoms with Gasteiger partial charge in [0.25, 0.3) is 5.91 Å². The number of aromatic nitrogens is 1. The third-order valence-electron chi connectivity index (χ3n) is 5.43. The highest BCUT2D eigenvalue weighted by Crippen LogP contribution is 2.34. The molecule has 0 aromatic carbocycles. The number of alkyl halides is 1. The van der Waals surface area contributed by atoms with Gasteiger partial charge in [0.15, 0.2) is 0 Å². The van der Waals surface area contributed by atoms with Crippen LogP contribution in [0.5, 0.6) is 5.88 Å². The Balaban J connectivity index is 1.65. The SMILES string of the molecule is COC1CN(c2ccc(C(=O)NC(C)COCCCF)nc2OCC2(CO)COC2)C1. The summed E-state index contributed by atoms with van der Waals surface area (Å²) < 4.78 is 34.0. The lowest BCUT2D eigenvalue weighted by Crippen LogP contribution is -2.52. The predicted molar refractivity (Wildman–Crippen MR) is 111 cm³/mol. The normalized spacial score (nSPS) is 18.8. The van der Waals surface area contributed by atoms with Gasteiger partial charge < -0.3 is 34.3 Å². The summed E-state index contributed by atoms with van der Waals surface area (Å²) in [6.07, 6.45) is 0.489. The van der Waals surface area contributed by atoms with Crippen molar-refractivity contribution in [3.05, 3.63) is 17.8 Å².